The number of hydrogen-bond donors (Lipinski definition) is 1. The van der Waals surface area contributed by atoms with Crippen molar-refractivity contribution in [1.29, 1.82) is 0 Å². The number of anilines is 1. The summed E-state index contributed by atoms with van der Waals surface area (Å²) in [7, 11) is -3.87. The molecule has 0 aliphatic rings. The molecule has 2 aromatic carbocycles. The van der Waals surface area contributed by atoms with Crippen LogP contribution in [-0.4, -0.2) is 50.5 Å². The highest BCUT2D eigenvalue weighted by Gasteiger charge is 2.32. The molecule has 0 radical (unpaired) electrons. The van der Waals surface area contributed by atoms with E-state index < -0.39 is 28.5 Å². The molecule has 2 rings (SSSR count). The van der Waals surface area contributed by atoms with Gasteiger partial charge >= 0.3 is 0 Å². The summed E-state index contributed by atoms with van der Waals surface area (Å²) < 4.78 is 26.3. The number of aryl methyl sites for hydroxylation is 1. The molecule has 192 valence electrons. The van der Waals surface area contributed by atoms with Gasteiger partial charge in [0.25, 0.3) is 0 Å². The van der Waals surface area contributed by atoms with Gasteiger partial charge in [-0.2, -0.15) is 0 Å². The molecule has 0 aliphatic heterocycles. The second kappa shape index (κ2) is 13.1. The first-order chi connectivity index (χ1) is 16.5. The number of nitrogens with one attached hydrogen (secondary N) is 1. The lowest BCUT2D eigenvalue weighted by molar-refractivity contribution is -0.140. The summed E-state index contributed by atoms with van der Waals surface area (Å²) in [4.78, 5) is 28.1. The first-order valence-corrected chi connectivity index (χ1v) is 14.1. The van der Waals surface area contributed by atoms with Crippen molar-refractivity contribution in [3.63, 3.8) is 0 Å². The van der Waals surface area contributed by atoms with Gasteiger partial charge in [-0.1, -0.05) is 73.3 Å². The van der Waals surface area contributed by atoms with Gasteiger partial charge in [-0.15, -0.1) is 0 Å². The second-order valence-electron chi connectivity index (χ2n) is 8.44. The molecule has 0 saturated heterocycles. The van der Waals surface area contributed by atoms with Crippen molar-refractivity contribution in [2.45, 2.75) is 52.6 Å². The van der Waals surface area contributed by atoms with Crippen LogP contribution in [-0.2, 0) is 26.2 Å². The molecule has 0 fully saturated rings. The van der Waals surface area contributed by atoms with Gasteiger partial charge in [-0.05, 0) is 43.5 Å². The molecule has 0 aromatic heterocycles. The molecule has 0 bridgehead atoms. The maximum Gasteiger partial charge on any atom is 0.244 e. The summed E-state index contributed by atoms with van der Waals surface area (Å²) in [6, 6.07) is 11.3. The number of rotatable bonds is 12. The summed E-state index contributed by atoms with van der Waals surface area (Å²) in [6.45, 7) is 5.97. The number of carbonyl (C=O) groups excluding carboxylic acids is 2. The summed E-state index contributed by atoms with van der Waals surface area (Å²) in [6.07, 6.45) is 3.12. The largest absolute Gasteiger partial charge is 0.354 e. The van der Waals surface area contributed by atoms with Crippen molar-refractivity contribution in [1.82, 2.24) is 10.2 Å². The zero-order chi connectivity index (χ0) is 26.2. The van der Waals surface area contributed by atoms with Gasteiger partial charge in [0, 0.05) is 18.1 Å². The van der Waals surface area contributed by atoms with E-state index in [4.69, 9.17) is 23.2 Å². The Morgan fingerprint density at radius 1 is 1.06 bits per heavy atom. The van der Waals surface area contributed by atoms with Gasteiger partial charge in [-0.25, -0.2) is 8.42 Å². The normalized spacial score (nSPS) is 12.2. The van der Waals surface area contributed by atoms with Crippen LogP contribution >= 0.6 is 23.2 Å². The molecule has 2 amide bonds. The summed E-state index contributed by atoms with van der Waals surface area (Å²) in [5.41, 5.74) is 2.04. The van der Waals surface area contributed by atoms with Gasteiger partial charge in [0.05, 0.1) is 17.0 Å². The number of benzene rings is 2. The van der Waals surface area contributed by atoms with Crippen molar-refractivity contribution in [2.24, 2.45) is 0 Å². The molecule has 2 aromatic rings. The minimum Gasteiger partial charge on any atom is -0.354 e. The maximum absolute atomic E-state index is 13.6. The molecule has 0 spiro atoms. The number of unbranched alkanes of at least 4 members (excludes halogenated alkanes) is 1. The molecular formula is C25H33Cl2N3O4S. The highest BCUT2D eigenvalue weighted by molar-refractivity contribution is 7.92. The zero-order valence-corrected chi connectivity index (χ0v) is 22.9. The summed E-state index contributed by atoms with van der Waals surface area (Å²) in [5, 5.41) is 3.34. The SMILES string of the molecule is CCCCNC(=O)C(CC)N(Cc1ccc(C)cc1)C(=O)CN(c1ccc(Cl)cc1Cl)S(C)(=O)=O. The second-order valence-corrected chi connectivity index (χ2v) is 11.2. The molecule has 0 aliphatic carbocycles. The third kappa shape index (κ3) is 8.40. The number of hydrogen-bond acceptors (Lipinski definition) is 4. The molecule has 0 heterocycles. The van der Waals surface area contributed by atoms with Gasteiger partial charge in [0.2, 0.25) is 21.8 Å². The van der Waals surface area contributed by atoms with Crippen LogP contribution in [0.15, 0.2) is 42.5 Å². The van der Waals surface area contributed by atoms with Crippen LogP contribution in [0.2, 0.25) is 10.0 Å². The van der Waals surface area contributed by atoms with Crippen LogP contribution in [0.25, 0.3) is 0 Å². The van der Waals surface area contributed by atoms with Crippen LogP contribution < -0.4 is 9.62 Å². The highest BCUT2D eigenvalue weighted by atomic mass is 35.5. The van der Waals surface area contributed by atoms with E-state index in [9.17, 15) is 18.0 Å². The van der Waals surface area contributed by atoms with E-state index in [2.05, 4.69) is 5.32 Å². The van der Waals surface area contributed by atoms with Crippen LogP contribution in [0.5, 0.6) is 0 Å². The molecule has 1 unspecified atom stereocenters. The lowest BCUT2D eigenvalue weighted by atomic mass is 10.1. The predicted molar refractivity (Wildman–Crippen MR) is 142 cm³/mol. The Morgan fingerprint density at radius 2 is 1.71 bits per heavy atom. The fourth-order valence-electron chi connectivity index (χ4n) is 3.59. The Morgan fingerprint density at radius 3 is 2.26 bits per heavy atom. The quantitative estimate of drug-likeness (QED) is 0.391. The van der Waals surface area contributed by atoms with Gasteiger partial charge in [-0.3, -0.25) is 13.9 Å². The van der Waals surface area contributed by atoms with E-state index in [1.54, 1.807) is 0 Å². The number of halogens is 2. The smallest absolute Gasteiger partial charge is 0.244 e. The molecule has 1 N–H and O–H groups in total. The molecule has 35 heavy (non-hydrogen) atoms. The third-order valence-corrected chi connectivity index (χ3v) is 7.21. The Bertz CT molecular complexity index is 1120. The monoisotopic (exact) mass is 541 g/mol. The number of nitrogens with zero attached hydrogens (tertiary/aromatic N) is 2. The van der Waals surface area contributed by atoms with Crippen LogP contribution in [0.3, 0.4) is 0 Å². The van der Waals surface area contributed by atoms with Crippen LogP contribution in [0, 0.1) is 6.92 Å². The van der Waals surface area contributed by atoms with E-state index >= 15 is 0 Å². The average molecular weight is 543 g/mol. The topological polar surface area (TPSA) is 86.8 Å². The first-order valence-electron chi connectivity index (χ1n) is 11.5. The molecular weight excluding hydrogens is 509 g/mol. The number of amides is 2. The van der Waals surface area contributed by atoms with Crippen LogP contribution in [0.4, 0.5) is 5.69 Å². The minimum absolute atomic E-state index is 0.102. The Balaban J connectivity index is 2.42. The molecule has 10 heteroatoms. The Labute approximate surface area is 218 Å². The van der Waals surface area contributed by atoms with E-state index in [0.29, 0.717) is 18.0 Å². The summed E-state index contributed by atoms with van der Waals surface area (Å²) in [5.74, 6) is -0.781. The Kier molecular flexibility index (Phi) is 10.9. The standard InChI is InChI=1S/C25H33Cl2N3O4S/c1-5-7-14-28-25(32)22(6-2)29(16-19-10-8-18(3)9-11-19)24(31)17-30(35(4,33)34)23-13-12-20(26)15-21(23)27/h8-13,15,22H,5-7,14,16-17H2,1-4H3,(H,28,32). The van der Waals surface area contributed by atoms with Crippen molar-refractivity contribution >= 4 is 50.7 Å². The minimum atomic E-state index is -3.87. The van der Waals surface area contributed by atoms with Gasteiger partial charge < -0.3 is 10.2 Å². The first kappa shape index (κ1) is 28.9. The van der Waals surface area contributed by atoms with E-state index in [0.717, 1.165) is 34.5 Å². The number of sulfonamides is 1. The zero-order valence-electron chi connectivity index (χ0n) is 20.6. The van der Waals surface area contributed by atoms with Crippen molar-refractivity contribution in [2.75, 3.05) is 23.7 Å². The van der Waals surface area contributed by atoms with E-state index in [-0.39, 0.29) is 23.2 Å². The lowest BCUT2D eigenvalue weighted by Crippen LogP contribution is -2.52. The maximum atomic E-state index is 13.6. The fourth-order valence-corrected chi connectivity index (χ4v) is 5.02. The predicted octanol–water partition coefficient (Wildman–Crippen LogP) is 4.79. The summed E-state index contributed by atoms with van der Waals surface area (Å²) >= 11 is 12.2. The van der Waals surface area contributed by atoms with E-state index in [1.165, 1.54) is 23.1 Å². The Hall–Kier alpha value is -2.29. The van der Waals surface area contributed by atoms with Crippen molar-refractivity contribution in [3.8, 4) is 0 Å². The van der Waals surface area contributed by atoms with Crippen molar-refractivity contribution in [3.05, 3.63) is 63.6 Å². The van der Waals surface area contributed by atoms with Gasteiger partial charge in [0.15, 0.2) is 0 Å². The fraction of sp³-hybridized carbons (Fsp3) is 0.440. The average Bonchev–Trinajstić information content (AvgIpc) is 2.78. The van der Waals surface area contributed by atoms with E-state index in [1.807, 2.05) is 45.0 Å². The third-order valence-electron chi connectivity index (χ3n) is 5.55. The van der Waals surface area contributed by atoms with Crippen molar-refractivity contribution < 1.29 is 18.0 Å². The van der Waals surface area contributed by atoms with Gasteiger partial charge in [0.1, 0.15) is 12.6 Å². The molecule has 1 atom stereocenters. The molecule has 7 nitrogen and oxygen atoms in total. The highest BCUT2D eigenvalue weighted by Crippen LogP contribution is 2.30. The molecule has 0 saturated carbocycles. The lowest BCUT2D eigenvalue weighted by Gasteiger charge is -2.33. The van der Waals surface area contributed by atoms with Crippen LogP contribution in [0.1, 0.15) is 44.2 Å². The number of carbonyl (C=O) groups is 2.